The predicted molar refractivity (Wildman–Crippen MR) is 117 cm³/mol. The molecule has 1 unspecified atom stereocenters. The standard InChI is InChI=1S/C18H34N6.HI/c1-4-19-18(20-8-11-23-9-6-7-10-23)21-16-17(3)24-14-12-22(5-2)13-15-24;/h6-7,9-10,17H,4-5,8,11-16H2,1-3H3,(H2,19,20,21);1H. The molecule has 2 N–H and O–H groups in total. The van der Waals surface area contributed by atoms with Gasteiger partial charge in [0, 0.05) is 64.2 Å². The summed E-state index contributed by atoms with van der Waals surface area (Å²) in [7, 11) is 0. The summed E-state index contributed by atoms with van der Waals surface area (Å²) < 4.78 is 2.17. The van der Waals surface area contributed by atoms with E-state index in [1.165, 1.54) is 13.1 Å². The van der Waals surface area contributed by atoms with Crippen LogP contribution < -0.4 is 10.6 Å². The first kappa shape index (κ1) is 22.2. The van der Waals surface area contributed by atoms with E-state index in [9.17, 15) is 0 Å². The zero-order valence-corrected chi connectivity index (χ0v) is 18.3. The van der Waals surface area contributed by atoms with Gasteiger partial charge >= 0.3 is 0 Å². The Bertz CT molecular complexity index is 468. The molecule has 0 spiro atoms. The van der Waals surface area contributed by atoms with Crippen LogP contribution in [0.25, 0.3) is 0 Å². The van der Waals surface area contributed by atoms with Crippen molar-refractivity contribution in [3.63, 3.8) is 0 Å². The van der Waals surface area contributed by atoms with Gasteiger partial charge in [0.15, 0.2) is 5.96 Å². The van der Waals surface area contributed by atoms with Gasteiger partial charge in [0.2, 0.25) is 0 Å². The highest BCUT2D eigenvalue weighted by molar-refractivity contribution is 14.0. The fraction of sp³-hybridized carbons (Fsp3) is 0.722. The quantitative estimate of drug-likeness (QED) is 0.351. The Morgan fingerprint density at radius 2 is 1.76 bits per heavy atom. The van der Waals surface area contributed by atoms with E-state index in [2.05, 4.69) is 70.3 Å². The van der Waals surface area contributed by atoms with E-state index < -0.39 is 0 Å². The van der Waals surface area contributed by atoms with Gasteiger partial charge in [-0.1, -0.05) is 6.92 Å². The second kappa shape index (κ2) is 12.5. The molecule has 0 radical (unpaired) electrons. The van der Waals surface area contributed by atoms with E-state index >= 15 is 0 Å². The van der Waals surface area contributed by atoms with Crippen molar-refractivity contribution in [2.75, 3.05) is 52.4 Å². The molecule has 1 saturated heterocycles. The summed E-state index contributed by atoms with van der Waals surface area (Å²) >= 11 is 0. The van der Waals surface area contributed by atoms with Crippen molar-refractivity contribution in [3.05, 3.63) is 24.5 Å². The predicted octanol–water partition coefficient (Wildman–Crippen LogP) is 1.69. The highest BCUT2D eigenvalue weighted by atomic mass is 127. The van der Waals surface area contributed by atoms with Crippen LogP contribution in [0.4, 0.5) is 0 Å². The molecule has 0 saturated carbocycles. The minimum absolute atomic E-state index is 0. The number of aliphatic imine (C=N–C) groups is 1. The molecule has 2 rings (SSSR count). The number of rotatable bonds is 8. The Hall–Kier alpha value is -0.800. The van der Waals surface area contributed by atoms with Crippen LogP contribution in [-0.4, -0.2) is 78.7 Å². The minimum Gasteiger partial charge on any atom is -0.357 e. The van der Waals surface area contributed by atoms with Gasteiger partial charge in [-0.2, -0.15) is 0 Å². The van der Waals surface area contributed by atoms with Gasteiger partial charge in [0.25, 0.3) is 0 Å². The monoisotopic (exact) mass is 462 g/mol. The fourth-order valence-corrected chi connectivity index (χ4v) is 3.02. The van der Waals surface area contributed by atoms with Gasteiger partial charge < -0.3 is 20.1 Å². The molecule has 1 fully saturated rings. The first-order valence-electron chi connectivity index (χ1n) is 9.32. The number of hydrogen-bond acceptors (Lipinski definition) is 3. The lowest BCUT2D eigenvalue weighted by Gasteiger charge is -2.37. The maximum absolute atomic E-state index is 4.78. The second-order valence-corrected chi connectivity index (χ2v) is 6.39. The fourth-order valence-electron chi connectivity index (χ4n) is 3.02. The van der Waals surface area contributed by atoms with Crippen LogP contribution >= 0.6 is 24.0 Å². The van der Waals surface area contributed by atoms with Crippen LogP contribution in [0.5, 0.6) is 0 Å². The Morgan fingerprint density at radius 1 is 1.08 bits per heavy atom. The third-order valence-corrected chi connectivity index (χ3v) is 4.66. The summed E-state index contributed by atoms with van der Waals surface area (Å²) in [6.45, 7) is 16.0. The summed E-state index contributed by atoms with van der Waals surface area (Å²) in [4.78, 5) is 9.84. The molecule has 1 aliphatic rings. The van der Waals surface area contributed by atoms with Gasteiger partial charge in [-0.05, 0) is 32.5 Å². The van der Waals surface area contributed by atoms with Crippen molar-refractivity contribution in [2.45, 2.75) is 33.4 Å². The third-order valence-electron chi connectivity index (χ3n) is 4.66. The van der Waals surface area contributed by atoms with Crippen LogP contribution in [-0.2, 0) is 6.54 Å². The SMILES string of the molecule is CCNC(=NCC(C)N1CCN(CC)CC1)NCCn1cccc1.I. The second-order valence-electron chi connectivity index (χ2n) is 6.39. The van der Waals surface area contributed by atoms with E-state index in [1.807, 2.05) is 0 Å². The van der Waals surface area contributed by atoms with Gasteiger partial charge in [-0.3, -0.25) is 9.89 Å². The lowest BCUT2D eigenvalue weighted by atomic mass is 10.2. The van der Waals surface area contributed by atoms with Gasteiger partial charge in [-0.25, -0.2) is 0 Å². The van der Waals surface area contributed by atoms with Crippen LogP contribution in [0.15, 0.2) is 29.5 Å². The summed E-state index contributed by atoms with van der Waals surface area (Å²) in [6.07, 6.45) is 4.17. The Morgan fingerprint density at radius 3 is 2.36 bits per heavy atom. The molecule has 1 aromatic heterocycles. The molecule has 2 heterocycles. The average molecular weight is 462 g/mol. The number of aromatic nitrogens is 1. The largest absolute Gasteiger partial charge is 0.357 e. The van der Waals surface area contributed by atoms with E-state index in [4.69, 9.17) is 4.99 Å². The Kier molecular flexibility index (Phi) is 11.2. The van der Waals surface area contributed by atoms with E-state index in [0.717, 1.165) is 51.8 Å². The van der Waals surface area contributed by atoms with Crippen LogP contribution in [0.3, 0.4) is 0 Å². The number of guanidine groups is 1. The van der Waals surface area contributed by atoms with Crippen molar-refractivity contribution in [3.8, 4) is 0 Å². The summed E-state index contributed by atoms with van der Waals surface area (Å²) in [6, 6.07) is 4.60. The summed E-state index contributed by atoms with van der Waals surface area (Å²) in [5, 5.41) is 6.76. The van der Waals surface area contributed by atoms with Crippen molar-refractivity contribution < 1.29 is 0 Å². The molecule has 0 aliphatic carbocycles. The average Bonchev–Trinajstić information content (AvgIpc) is 3.13. The topological polar surface area (TPSA) is 47.8 Å². The molecule has 144 valence electrons. The number of halogens is 1. The molecule has 0 amide bonds. The number of piperazine rings is 1. The summed E-state index contributed by atoms with van der Waals surface area (Å²) in [5.41, 5.74) is 0. The molecular formula is C18H35IN6. The van der Waals surface area contributed by atoms with Gasteiger partial charge in [-0.15, -0.1) is 24.0 Å². The van der Waals surface area contributed by atoms with E-state index in [-0.39, 0.29) is 24.0 Å². The molecule has 25 heavy (non-hydrogen) atoms. The Labute approximate surface area is 170 Å². The van der Waals surface area contributed by atoms with E-state index in [0.29, 0.717) is 6.04 Å². The highest BCUT2D eigenvalue weighted by Crippen LogP contribution is 2.06. The first-order chi connectivity index (χ1) is 11.7. The summed E-state index contributed by atoms with van der Waals surface area (Å²) in [5.74, 6) is 0.920. The zero-order chi connectivity index (χ0) is 17.2. The molecule has 6 nitrogen and oxygen atoms in total. The maximum atomic E-state index is 4.78. The van der Waals surface area contributed by atoms with Crippen LogP contribution in [0, 0.1) is 0 Å². The number of nitrogens with zero attached hydrogens (tertiary/aromatic N) is 4. The van der Waals surface area contributed by atoms with Crippen molar-refractivity contribution in [1.82, 2.24) is 25.0 Å². The zero-order valence-electron chi connectivity index (χ0n) is 15.9. The van der Waals surface area contributed by atoms with Crippen molar-refractivity contribution >= 4 is 29.9 Å². The first-order valence-corrected chi connectivity index (χ1v) is 9.32. The smallest absolute Gasteiger partial charge is 0.191 e. The molecular weight excluding hydrogens is 427 g/mol. The van der Waals surface area contributed by atoms with Crippen LogP contribution in [0.2, 0.25) is 0 Å². The molecule has 1 atom stereocenters. The van der Waals surface area contributed by atoms with Crippen molar-refractivity contribution in [1.29, 1.82) is 0 Å². The maximum Gasteiger partial charge on any atom is 0.191 e. The lowest BCUT2D eigenvalue weighted by molar-refractivity contribution is 0.109. The van der Waals surface area contributed by atoms with Gasteiger partial charge in [0.05, 0.1) is 6.54 Å². The normalized spacial score (nSPS) is 17.8. The van der Waals surface area contributed by atoms with E-state index in [1.54, 1.807) is 0 Å². The molecule has 0 bridgehead atoms. The number of hydrogen-bond donors (Lipinski definition) is 2. The molecule has 7 heteroatoms. The lowest BCUT2D eigenvalue weighted by Crippen LogP contribution is -2.50. The molecule has 1 aliphatic heterocycles. The molecule has 0 aromatic carbocycles. The third kappa shape index (κ3) is 7.96. The number of likely N-dealkylation sites (N-methyl/N-ethyl adjacent to an activating group) is 1. The van der Waals surface area contributed by atoms with Gasteiger partial charge in [0.1, 0.15) is 0 Å². The molecule has 1 aromatic rings. The van der Waals surface area contributed by atoms with Crippen molar-refractivity contribution in [2.24, 2.45) is 4.99 Å². The van der Waals surface area contributed by atoms with Crippen LogP contribution in [0.1, 0.15) is 20.8 Å². The highest BCUT2D eigenvalue weighted by Gasteiger charge is 2.19. The Balaban J connectivity index is 0.00000312. The number of nitrogens with one attached hydrogen (secondary N) is 2. The minimum atomic E-state index is 0.